The highest BCUT2D eigenvalue weighted by atomic mass is 16.6. The molecule has 33 heavy (non-hydrogen) atoms. The van der Waals surface area contributed by atoms with Crippen molar-refractivity contribution >= 4 is 5.78 Å². The first-order chi connectivity index (χ1) is 15.8. The molecule has 3 aliphatic rings. The number of aliphatic hydroxyl groups excluding tert-OH is 1. The number of hydrogen-bond acceptors (Lipinski definition) is 7. The number of allylic oxidation sites excluding steroid dienone is 4. The van der Waals surface area contributed by atoms with Gasteiger partial charge in [0.25, 0.3) is 0 Å². The van der Waals surface area contributed by atoms with Gasteiger partial charge in [0.2, 0.25) is 0 Å². The van der Waals surface area contributed by atoms with Gasteiger partial charge in [-0.15, -0.1) is 0 Å². The van der Waals surface area contributed by atoms with Gasteiger partial charge in [0.1, 0.15) is 17.3 Å². The molecule has 0 amide bonds. The smallest absolute Gasteiger partial charge is 0.161 e. The van der Waals surface area contributed by atoms with Crippen LogP contribution in [0.15, 0.2) is 47.3 Å². The van der Waals surface area contributed by atoms with Gasteiger partial charge in [-0.05, 0) is 43.1 Å². The number of hydrogen-bond donors (Lipinski definition) is 1. The van der Waals surface area contributed by atoms with Crippen LogP contribution in [0.2, 0.25) is 0 Å². The molecule has 184 valence electrons. The molecule has 0 saturated carbocycles. The number of methoxy groups -OCH3 is 3. The summed E-state index contributed by atoms with van der Waals surface area (Å²) >= 11 is 0. The van der Waals surface area contributed by atoms with Crippen LogP contribution in [0.1, 0.15) is 46.0 Å². The Kier molecular flexibility index (Phi) is 8.65. The second kappa shape index (κ2) is 11.3. The Labute approximate surface area is 197 Å². The van der Waals surface area contributed by atoms with Crippen LogP contribution in [0.5, 0.6) is 0 Å². The maximum atomic E-state index is 11.8. The van der Waals surface area contributed by atoms with Crippen LogP contribution in [-0.2, 0) is 28.5 Å². The summed E-state index contributed by atoms with van der Waals surface area (Å²) in [5.74, 6) is 3.56. The minimum Gasteiger partial charge on any atom is -0.501 e. The summed E-state index contributed by atoms with van der Waals surface area (Å²) in [7, 11) is 4.88. The van der Waals surface area contributed by atoms with E-state index in [1.165, 1.54) is 0 Å². The van der Waals surface area contributed by atoms with E-state index in [0.29, 0.717) is 31.6 Å². The first-order valence-corrected chi connectivity index (χ1v) is 11.7. The number of fused-ring (bicyclic) bond motifs is 3. The van der Waals surface area contributed by atoms with Crippen molar-refractivity contribution in [1.29, 1.82) is 0 Å². The zero-order valence-corrected chi connectivity index (χ0v) is 20.5. The van der Waals surface area contributed by atoms with Gasteiger partial charge in [-0.25, -0.2) is 0 Å². The predicted molar refractivity (Wildman–Crippen MR) is 124 cm³/mol. The average Bonchev–Trinajstić information content (AvgIpc) is 2.81. The molecule has 1 saturated heterocycles. The molecular formula is C26H38O7. The summed E-state index contributed by atoms with van der Waals surface area (Å²) in [6.45, 7) is 7.98. The van der Waals surface area contributed by atoms with Gasteiger partial charge in [0, 0.05) is 31.3 Å². The Morgan fingerprint density at radius 3 is 2.64 bits per heavy atom. The second-order valence-electron chi connectivity index (χ2n) is 9.32. The Morgan fingerprint density at radius 2 is 2.00 bits per heavy atom. The average molecular weight is 463 g/mol. The van der Waals surface area contributed by atoms with E-state index < -0.39 is 6.29 Å². The van der Waals surface area contributed by atoms with Gasteiger partial charge in [0.05, 0.1) is 39.8 Å². The topological polar surface area (TPSA) is 83.5 Å². The third kappa shape index (κ3) is 6.01. The maximum absolute atomic E-state index is 11.8. The minimum absolute atomic E-state index is 0.0757. The lowest BCUT2D eigenvalue weighted by Gasteiger charge is -2.48. The van der Waals surface area contributed by atoms with Crippen LogP contribution in [0, 0.1) is 23.7 Å². The Balaban J connectivity index is 1.66. The summed E-state index contributed by atoms with van der Waals surface area (Å²) in [4.78, 5) is 11.8. The first kappa shape index (κ1) is 25.4. The van der Waals surface area contributed by atoms with Crippen molar-refractivity contribution in [2.45, 2.75) is 58.3 Å². The molecule has 0 radical (unpaired) electrons. The van der Waals surface area contributed by atoms with Crippen molar-refractivity contribution in [3.63, 3.8) is 0 Å². The fourth-order valence-electron chi connectivity index (χ4n) is 5.22. The third-order valence-electron chi connectivity index (χ3n) is 7.06. The largest absolute Gasteiger partial charge is 0.501 e. The number of rotatable bonds is 10. The molecule has 0 aromatic carbocycles. The van der Waals surface area contributed by atoms with Gasteiger partial charge >= 0.3 is 0 Å². The van der Waals surface area contributed by atoms with Crippen LogP contribution in [0.25, 0.3) is 0 Å². The van der Waals surface area contributed by atoms with Crippen LogP contribution in [0.3, 0.4) is 0 Å². The van der Waals surface area contributed by atoms with E-state index in [1.54, 1.807) is 34.3 Å². The number of aliphatic hydroxyl groups is 1. The van der Waals surface area contributed by atoms with E-state index in [2.05, 4.69) is 13.5 Å². The van der Waals surface area contributed by atoms with Gasteiger partial charge < -0.3 is 28.8 Å². The van der Waals surface area contributed by atoms with Gasteiger partial charge in [-0.1, -0.05) is 19.6 Å². The number of Topliss-reactive ketones (excluding diaryl/α,β-unsaturated/α-hetero) is 1. The van der Waals surface area contributed by atoms with Crippen LogP contribution in [0.4, 0.5) is 0 Å². The van der Waals surface area contributed by atoms with E-state index in [1.807, 2.05) is 6.08 Å². The lowest BCUT2D eigenvalue weighted by molar-refractivity contribution is -0.230. The quantitative estimate of drug-likeness (QED) is 0.384. The van der Waals surface area contributed by atoms with Crippen molar-refractivity contribution in [2.24, 2.45) is 23.7 Å². The van der Waals surface area contributed by atoms with Crippen LogP contribution in [-0.4, -0.2) is 51.2 Å². The summed E-state index contributed by atoms with van der Waals surface area (Å²) in [6, 6.07) is 0. The maximum Gasteiger partial charge on any atom is 0.161 e. The number of carbonyl (C=O) groups is 1. The highest BCUT2D eigenvalue weighted by molar-refractivity contribution is 5.93. The molecule has 6 atom stereocenters. The Bertz CT molecular complexity index is 824. The van der Waals surface area contributed by atoms with Gasteiger partial charge in [-0.3, -0.25) is 4.79 Å². The van der Waals surface area contributed by atoms with Crippen molar-refractivity contribution in [3.05, 3.63) is 47.3 Å². The van der Waals surface area contributed by atoms with E-state index in [4.69, 9.17) is 23.7 Å². The zero-order valence-electron chi connectivity index (χ0n) is 20.5. The highest BCUT2D eigenvalue weighted by Gasteiger charge is 2.48. The Hall–Kier alpha value is -2.25. The fraction of sp³-hybridized carbons (Fsp3) is 0.654. The van der Waals surface area contributed by atoms with E-state index in [-0.39, 0.29) is 35.6 Å². The molecule has 0 aromatic heterocycles. The lowest BCUT2D eigenvalue weighted by Crippen LogP contribution is -2.50. The molecule has 1 fully saturated rings. The normalized spacial score (nSPS) is 30.4. The zero-order chi connectivity index (χ0) is 24.1. The van der Waals surface area contributed by atoms with Gasteiger partial charge in [-0.2, -0.15) is 0 Å². The molecule has 1 N–H and O–H groups in total. The second-order valence-corrected chi connectivity index (χ2v) is 9.32. The molecule has 0 aromatic rings. The van der Waals surface area contributed by atoms with Crippen molar-refractivity contribution in [2.75, 3.05) is 27.9 Å². The van der Waals surface area contributed by atoms with Crippen LogP contribution < -0.4 is 0 Å². The van der Waals surface area contributed by atoms with Crippen molar-refractivity contribution in [1.82, 2.24) is 0 Å². The molecule has 0 spiro atoms. The van der Waals surface area contributed by atoms with Crippen molar-refractivity contribution in [3.8, 4) is 0 Å². The molecule has 1 aliphatic heterocycles. The van der Waals surface area contributed by atoms with E-state index in [0.717, 1.165) is 35.7 Å². The predicted octanol–water partition coefficient (Wildman–Crippen LogP) is 4.25. The summed E-state index contributed by atoms with van der Waals surface area (Å²) in [5.41, 5.74) is 0.798. The molecule has 0 bridgehead atoms. The molecule has 2 aliphatic carbocycles. The number of ketones is 1. The SMILES string of the molecule is C=C(/C=C(\C[C@H](C)COC1=C(OC)C[C@H]2C3CCC(C(C)=O)=C[C@H]3[C@@H](O)O[C@H]2C1)OC)OC. The highest BCUT2D eigenvalue weighted by Crippen LogP contribution is 2.49. The van der Waals surface area contributed by atoms with Crippen LogP contribution >= 0.6 is 0 Å². The summed E-state index contributed by atoms with van der Waals surface area (Å²) in [6.07, 6.45) is 6.27. The van der Waals surface area contributed by atoms with E-state index in [9.17, 15) is 9.90 Å². The van der Waals surface area contributed by atoms with E-state index >= 15 is 0 Å². The number of ether oxygens (including phenoxy) is 5. The molecular weight excluding hydrogens is 424 g/mol. The monoisotopic (exact) mass is 462 g/mol. The molecule has 7 heteroatoms. The van der Waals surface area contributed by atoms with Crippen molar-refractivity contribution < 1.29 is 33.6 Å². The molecule has 1 heterocycles. The minimum atomic E-state index is -0.904. The fourth-order valence-corrected chi connectivity index (χ4v) is 5.22. The summed E-state index contributed by atoms with van der Waals surface area (Å²) < 4.78 is 28.5. The standard InChI is InChI=1S/C26H38O7/c1-15(9-19(30-5)10-16(2)29-4)14-32-25-13-23-21(12-24(25)31-6)20-8-7-18(17(3)27)11-22(20)26(28)33-23/h10-11,15,20-23,26,28H,2,7-9,12-14H2,1,3-6H3/b19-10+/t15-,20?,21-,22+,23-,26-/m0/s1. The molecule has 1 unspecified atom stereocenters. The first-order valence-electron chi connectivity index (χ1n) is 11.7. The number of carbonyl (C=O) groups excluding carboxylic acids is 1. The summed E-state index contributed by atoms with van der Waals surface area (Å²) in [5, 5.41) is 10.7. The third-order valence-corrected chi connectivity index (χ3v) is 7.06. The molecule has 3 rings (SSSR count). The van der Waals surface area contributed by atoms with Gasteiger partial charge in [0.15, 0.2) is 12.1 Å². The Morgan fingerprint density at radius 1 is 1.24 bits per heavy atom. The molecule has 7 nitrogen and oxygen atoms in total. The lowest BCUT2D eigenvalue weighted by atomic mass is 9.66.